The Morgan fingerprint density at radius 3 is 2.50 bits per heavy atom. The number of ether oxygens (including phenoxy) is 1. The highest BCUT2D eigenvalue weighted by atomic mass is 32.2. The van der Waals surface area contributed by atoms with Gasteiger partial charge in [-0.25, -0.2) is 13.2 Å². The Hall–Kier alpha value is -1.61. The van der Waals surface area contributed by atoms with E-state index in [-0.39, 0.29) is 19.6 Å². The topological polar surface area (TPSA) is 121 Å². The number of carbonyl (C=O) groups is 2. The zero-order valence-corrected chi connectivity index (χ0v) is 11.6. The number of carboxylic acid groups (broad SMARTS) is 1. The fourth-order valence-corrected chi connectivity index (χ4v) is 3.73. The molecule has 0 aromatic heterocycles. The van der Waals surface area contributed by atoms with Crippen molar-refractivity contribution in [1.29, 1.82) is 0 Å². The lowest BCUT2D eigenvalue weighted by atomic mass is 10.2. The molecule has 2 N–H and O–H groups in total. The Bertz CT molecular complexity index is 487. The Kier molecular flexibility index (Phi) is 5.52. The van der Waals surface area contributed by atoms with Crippen molar-refractivity contribution in [2.24, 2.45) is 0 Å². The first kappa shape index (κ1) is 16.4. The van der Waals surface area contributed by atoms with Crippen molar-refractivity contribution >= 4 is 21.9 Å². The van der Waals surface area contributed by atoms with E-state index >= 15 is 0 Å². The number of aliphatic carboxylic acids is 1. The first-order valence-electron chi connectivity index (χ1n) is 5.91. The lowest BCUT2D eigenvalue weighted by Crippen LogP contribution is -2.47. The SMILES string of the molecule is C=CCOC(=O)N(CCC(=O)O)C1CS(=O)(=O)CC1O. The number of sulfone groups is 1. The number of aliphatic hydroxyl groups is 1. The molecule has 1 fully saturated rings. The Morgan fingerprint density at radius 1 is 1.40 bits per heavy atom. The molecule has 1 aliphatic heterocycles. The second kappa shape index (κ2) is 6.71. The van der Waals surface area contributed by atoms with Crippen molar-refractivity contribution in [3.8, 4) is 0 Å². The molecule has 0 saturated carbocycles. The molecule has 1 saturated heterocycles. The fraction of sp³-hybridized carbons (Fsp3) is 0.636. The van der Waals surface area contributed by atoms with Crippen LogP contribution < -0.4 is 0 Å². The van der Waals surface area contributed by atoms with E-state index in [1.807, 2.05) is 0 Å². The second-order valence-electron chi connectivity index (χ2n) is 4.41. The van der Waals surface area contributed by atoms with Gasteiger partial charge in [0.05, 0.1) is 30.1 Å². The summed E-state index contributed by atoms with van der Waals surface area (Å²) in [5.74, 6) is -1.99. The van der Waals surface area contributed by atoms with E-state index in [4.69, 9.17) is 9.84 Å². The van der Waals surface area contributed by atoms with E-state index in [9.17, 15) is 23.1 Å². The molecule has 0 aliphatic carbocycles. The molecule has 2 atom stereocenters. The molecule has 8 nitrogen and oxygen atoms in total. The summed E-state index contributed by atoms with van der Waals surface area (Å²) in [4.78, 5) is 23.4. The summed E-state index contributed by atoms with van der Waals surface area (Å²) >= 11 is 0. The van der Waals surface area contributed by atoms with Gasteiger partial charge in [-0.05, 0) is 0 Å². The lowest BCUT2D eigenvalue weighted by molar-refractivity contribution is -0.137. The Labute approximate surface area is 116 Å². The average Bonchev–Trinajstić information content (AvgIpc) is 2.60. The number of hydrogen-bond acceptors (Lipinski definition) is 6. The molecule has 1 heterocycles. The fourth-order valence-electron chi connectivity index (χ4n) is 1.93. The number of amides is 1. The van der Waals surface area contributed by atoms with Crippen LogP contribution in [-0.2, 0) is 19.4 Å². The van der Waals surface area contributed by atoms with Gasteiger partial charge in [-0.15, -0.1) is 0 Å². The molecule has 20 heavy (non-hydrogen) atoms. The van der Waals surface area contributed by atoms with E-state index in [0.29, 0.717) is 0 Å². The number of carboxylic acids is 1. The molecule has 1 aliphatic rings. The van der Waals surface area contributed by atoms with E-state index < -0.39 is 45.6 Å². The molecule has 0 spiro atoms. The summed E-state index contributed by atoms with van der Waals surface area (Å²) in [5.41, 5.74) is 0. The van der Waals surface area contributed by atoms with Crippen LogP contribution >= 0.6 is 0 Å². The predicted molar refractivity (Wildman–Crippen MR) is 69.0 cm³/mol. The monoisotopic (exact) mass is 307 g/mol. The first-order valence-corrected chi connectivity index (χ1v) is 7.73. The zero-order chi connectivity index (χ0) is 15.3. The maximum atomic E-state index is 11.8. The van der Waals surface area contributed by atoms with Crippen LogP contribution in [0.1, 0.15) is 6.42 Å². The standard InChI is InChI=1S/C11H17NO7S/c1-2-5-19-11(16)12(4-3-10(14)15)8-6-20(17,18)7-9(8)13/h2,8-9,13H,1,3-7H2,(H,14,15). The van der Waals surface area contributed by atoms with Crippen molar-refractivity contribution in [2.75, 3.05) is 24.7 Å². The molecule has 114 valence electrons. The largest absolute Gasteiger partial charge is 0.481 e. The highest BCUT2D eigenvalue weighted by Gasteiger charge is 2.42. The second-order valence-corrected chi connectivity index (χ2v) is 6.57. The summed E-state index contributed by atoms with van der Waals surface area (Å²) in [6, 6.07) is -0.989. The minimum absolute atomic E-state index is 0.0853. The summed E-state index contributed by atoms with van der Waals surface area (Å²) < 4.78 is 27.7. The van der Waals surface area contributed by atoms with Crippen molar-refractivity contribution in [3.63, 3.8) is 0 Å². The lowest BCUT2D eigenvalue weighted by Gasteiger charge is -2.28. The highest BCUT2D eigenvalue weighted by molar-refractivity contribution is 7.91. The summed E-state index contributed by atoms with van der Waals surface area (Å²) in [6.45, 7) is 3.05. The quantitative estimate of drug-likeness (QED) is 0.619. The minimum atomic E-state index is -3.45. The van der Waals surface area contributed by atoms with Gasteiger partial charge in [-0.1, -0.05) is 12.7 Å². The van der Waals surface area contributed by atoms with Gasteiger partial charge in [0.15, 0.2) is 9.84 Å². The summed E-state index contributed by atoms with van der Waals surface area (Å²) in [7, 11) is -3.45. The van der Waals surface area contributed by atoms with E-state index in [0.717, 1.165) is 4.90 Å². The molecule has 2 unspecified atom stereocenters. The number of nitrogens with zero attached hydrogens (tertiary/aromatic N) is 1. The Balaban J connectivity index is 2.83. The van der Waals surface area contributed by atoms with E-state index in [1.54, 1.807) is 0 Å². The maximum Gasteiger partial charge on any atom is 0.410 e. The van der Waals surface area contributed by atoms with Crippen LogP contribution in [0.2, 0.25) is 0 Å². The molecule has 1 rings (SSSR count). The van der Waals surface area contributed by atoms with Crippen molar-refractivity contribution in [2.45, 2.75) is 18.6 Å². The third-order valence-corrected chi connectivity index (χ3v) is 4.52. The Morgan fingerprint density at radius 2 is 2.05 bits per heavy atom. The van der Waals surface area contributed by atoms with Crippen molar-refractivity contribution < 1.29 is 33.0 Å². The highest BCUT2D eigenvalue weighted by Crippen LogP contribution is 2.19. The molecular weight excluding hydrogens is 290 g/mol. The zero-order valence-electron chi connectivity index (χ0n) is 10.8. The number of rotatable bonds is 6. The number of carbonyl (C=O) groups excluding carboxylic acids is 1. The van der Waals surface area contributed by atoms with Crippen molar-refractivity contribution in [1.82, 2.24) is 4.90 Å². The summed E-state index contributed by atoms with van der Waals surface area (Å²) in [5, 5.41) is 18.4. The van der Waals surface area contributed by atoms with Crippen LogP contribution in [0, 0.1) is 0 Å². The molecule has 0 aromatic carbocycles. The van der Waals surface area contributed by atoms with Gasteiger partial charge in [0.25, 0.3) is 0 Å². The van der Waals surface area contributed by atoms with Crippen LogP contribution in [0.15, 0.2) is 12.7 Å². The van der Waals surface area contributed by atoms with Crippen LogP contribution in [0.4, 0.5) is 4.79 Å². The predicted octanol–water partition coefficient (Wildman–Crippen LogP) is -0.756. The van der Waals surface area contributed by atoms with Crippen molar-refractivity contribution in [3.05, 3.63) is 12.7 Å². The summed E-state index contributed by atoms with van der Waals surface area (Å²) in [6.07, 6.45) is -1.15. The average molecular weight is 307 g/mol. The van der Waals surface area contributed by atoms with Gasteiger partial charge >= 0.3 is 12.1 Å². The van der Waals surface area contributed by atoms with Gasteiger partial charge in [-0.3, -0.25) is 4.79 Å². The maximum absolute atomic E-state index is 11.8. The normalized spacial score (nSPS) is 24.1. The van der Waals surface area contributed by atoms with Gasteiger partial charge in [-0.2, -0.15) is 0 Å². The van der Waals surface area contributed by atoms with Crippen LogP contribution in [-0.4, -0.2) is 72.4 Å². The van der Waals surface area contributed by atoms with E-state index in [1.165, 1.54) is 6.08 Å². The van der Waals surface area contributed by atoms with Gasteiger partial charge in [0.2, 0.25) is 0 Å². The number of aliphatic hydroxyl groups excluding tert-OH is 1. The third-order valence-electron chi connectivity index (χ3n) is 2.82. The first-order chi connectivity index (χ1) is 9.26. The van der Waals surface area contributed by atoms with Gasteiger partial charge in [0, 0.05) is 6.54 Å². The smallest absolute Gasteiger partial charge is 0.410 e. The van der Waals surface area contributed by atoms with Crippen LogP contribution in [0.3, 0.4) is 0 Å². The van der Waals surface area contributed by atoms with Crippen LogP contribution in [0.5, 0.6) is 0 Å². The minimum Gasteiger partial charge on any atom is -0.481 e. The molecule has 0 radical (unpaired) electrons. The van der Waals surface area contributed by atoms with Gasteiger partial charge < -0.3 is 19.8 Å². The molecule has 1 amide bonds. The molecule has 9 heteroatoms. The van der Waals surface area contributed by atoms with Gasteiger partial charge in [0.1, 0.15) is 6.61 Å². The molecule has 0 bridgehead atoms. The van der Waals surface area contributed by atoms with E-state index in [2.05, 4.69) is 6.58 Å². The third kappa shape index (κ3) is 4.49. The molecular formula is C11H17NO7S. The molecule has 0 aromatic rings. The number of hydrogen-bond donors (Lipinski definition) is 2. The van der Waals surface area contributed by atoms with Crippen LogP contribution in [0.25, 0.3) is 0 Å².